The Morgan fingerprint density at radius 3 is 2.57 bits per heavy atom. The number of amides is 1. The van der Waals surface area contributed by atoms with Crippen LogP contribution in [0.2, 0.25) is 0 Å². The Kier molecular flexibility index (Phi) is 3.86. The molecule has 0 atom stereocenters. The Labute approximate surface area is 119 Å². The van der Waals surface area contributed by atoms with Crippen molar-refractivity contribution in [3.63, 3.8) is 0 Å². The van der Waals surface area contributed by atoms with Crippen LogP contribution < -0.4 is 5.32 Å². The van der Waals surface area contributed by atoms with Crippen LogP contribution in [-0.4, -0.2) is 22.1 Å². The Bertz CT molecular complexity index is 763. The molecule has 0 aromatic heterocycles. The van der Waals surface area contributed by atoms with Crippen LogP contribution in [0.15, 0.2) is 42.5 Å². The SMILES string of the molecule is N#Cc1cccc(C(=O)Nc2ccc(O)c(C(=O)O)c2)c1. The number of hydrogen-bond donors (Lipinski definition) is 3. The largest absolute Gasteiger partial charge is 0.507 e. The Morgan fingerprint density at radius 2 is 1.90 bits per heavy atom. The van der Waals surface area contributed by atoms with E-state index in [1.165, 1.54) is 24.3 Å². The number of aromatic carboxylic acids is 1. The third kappa shape index (κ3) is 3.16. The minimum Gasteiger partial charge on any atom is -0.507 e. The van der Waals surface area contributed by atoms with E-state index < -0.39 is 11.9 Å². The van der Waals surface area contributed by atoms with Gasteiger partial charge in [-0.1, -0.05) is 6.07 Å². The van der Waals surface area contributed by atoms with E-state index in [2.05, 4.69) is 5.32 Å². The van der Waals surface area contributed by atoms with Gasteiger partial charge in [0, 0.05) is 11.3 Å². The number of rotatable bonds is 3. The number of nitrogens with one attached hydrogen (secondary N) is 1. The third-order valence-electron chi connectivity index (χ3n) is 2.74. The highest BCUT2D eigenvalue weighted by Crippen LogP contribution is 2.22. The van der Waals surface area contributed by atoms with E-state index in [-0.39, 0.29) is 22.6 Å². The normalized spacial score (nSPS) is 9.67. The molecule has 0 radical (unpaired) electrons. The van der Waals surface area contributed by atoms with E-state index in [4.69, 9.17) is 10.4 Å². The van der Waals surface area contributed by atoms with Crippen LogP contribution in [0.5, 0.6) is 5.75 Å². The molecular formula is C15H10N2O4. The highest BCUT2D eigenvalue weighted by atomic mass is 16.4. The van der Waals surface area contributed by atoms with Crippen LogP contribution in [-0.2, 0) is 0 Å². The van der Waals surface area contributed by atoms with Crippen molar-refractivity contribution in [2.24, 2.45) is 0 Å². The number of carbonyl (C=O) groups excluding carboxylic acids is 1. The molecule has 2 rings (SSSR count). The van der Waals surface area contributed by atoms with E-state index in [0.29, 0.717) is 5.56 Å². The number of carboxylic acid groups (broad SMARTS) is 1. The lowest BCUT2D eigenvalue weighted by molar-refractivity contribution is 0.0693. The second-order valence-electron chi connectivity index (χ2n) is 4.18. The van der Waals surface area contributed by atoms with Gasteiger partial charge in [-0.3, -0.25) is 4.79 Å². The number of nitriles is 1. The fourth-order valence-corrected chi connectivity index (χ4v) is 1.72. The molecule has 2 aromatic rings. The number of benzene rings is 2. The van der Waals surface area contributed by atoms with Gasteiger partial charge in [-0.2, -0.15) is 5.26 Å². The van der Waals surface area contributed by atoms with Crippen LogP contribution in [0.3, 0.4) is 0 Å². The molecule has 0 fully saturated rings. The van der Waals surface area contributed by atoms with Gasteiger partial charge < -0.3 is 15.5 Å². The van der Waals surface area contributed by atoms with Gasteiger partial charge in [0.1, 0.15) is 11.3 Å². The summed E-state index contributed by atoms with van der Waals surface area (Å²) in [5, 5.41) is 29.6. The molecule has 0 unspecified atom stereocenters. The molecule has 104 valence electrons. The van der Waals surface area contributed by atoms with Crippen LogP contribution in [0.25, 0.3) is 0 Å². The van der Waals surface area contributed by atoms with Crippen molar-refractivity contribution in [3.8, 4) is 11.8 Å². The number of aromatic hydroxyl groups is 1. The van der Waals surface area contributed by atoms with Crippen molar-refractivity contribution in [1.82, 2.24) is 0 Å². The highest BCUT2D eigenvalue weighted by Gasteiger charge is 2.12. The molecule has 0 saturated carbocycles. The fraction of sp³-hybridized carbons (Fsp3) is 0. The zero-order valence-electron chi connectivity index (χ0n) is 10.7. The van der Waals surface area contributed by atoms with Crippen LogP contribution in [0, 0.1) is 11.3 Å². The molecule has 0 aliphatic rings. The second-order valence-corrected chi connectivity index (χ2v) is 4.18. The summed E-state index contributed by atoms with van der Waals surface area (Å²) in [5.74, 6) is -2.16. The lowest BCUT2D eigenvalue weighted by Gasteiger charge is -2.07. The summed E-state index contributed by atoms with van der Waals surface area (Å²) in [7, 11) is 0. The molecule has 1 amide bonds. The molecule has 0 aliphatic heterocycles. The predicted molar refractivity (Wildman–Crippen MR) is 74.2 cm³/mol. The number of hydrogen-bond acceptors (Lipinski definition) is 4. The fourth-order valence-electron chi connectivity index (χ4n) is 1.72. The summed E-state index contributed by atoms with van der Waals surface area (Å²) in [6.45, 7) is 0. The van der Waals surface area contributed by atoms with E-state index >= 15 is 0 Å². The van der Waals surface area contributed by atoms with Gasteiger partial charge in [0.15, 0.2) is 0 Å². The molecule has 3 N–H and O–H groups in total. The summed E-state index contributed by atoms with van der Waals surface area (Å²) in [6.07, 6.45) is 0. The molecule has 0 aliphatic carbocycles. The molecule has 0 heterocycles. The van der Waals surface area contributed by atoms with Gasteiger partial charge in [0.05, 0.1) is 11.6 Å². The molecule has 21 heavy (non-hydrogen) atoms. The number of carbonyl (C=O) groups is 2. The smallest absolute Gasteiger partial charge is 0.339 e. The van der Waals surface area contributed by atoms with Crippen molar-refractivity contribution in [2.75, 3.05) is 5.32 Å². The van der Waals surface area contributed by atoms with E-state index in [0.717, 1.165) is 6.07 Å². The summed E-state index contributed by atoms with van der Waals surface area (Å²) >= 11 is 0. The summed E-state index contributed by atoms with van der Waals surface area (Å²) in [6, 6.07) is 11.8. The van der Waals surface area contributed by atoms with Crippen molar-refractivity contribution < 1.29 is 19.8 Å². The predicted octanol–water partition coefficient (Wildman–Crippen LogP) is 2.21. The van der Waals surface area contributed by atoms with Gasteiger partial charge >= 0.3 is 5.97 Å². The number of anilines is 1. The van der Waals surface area contributed by atoms with Gasteiger partial charge in [0.2, 0.25) is 0 Å². The maximum Gasteiger partial charge on any atom is 0.339 e. The van der Waals surface area contributed by atoms with Gasteiger partial charge in [-0.25, -0.2) is 4.79 Å². The van der Waals surface area contributed by atoms with E-state index in [1.54, 1.807) is 12.1 Å². The lowest BCUT2D eigenvalue weighted by Crippen LogP contribution is -2.12. The minimum absolute atomic E-state index is 0.234. The van der Waals surface area contributed by atoms with Gasteiger partial charge in [-0.15, -0.1) is 0 Å². The first-order valence-electron chi connectivity index (χ1n) is 5.89. The monoisotopic (exact) mass is 282 g/mol. The average molecular weight is 282 g/mol. The maximum atomic E-state index is 12.0. The first kappa shape index (κ1) is 14.1. The standard InChI is InChI=1S/C15H10N2O4/c16-8-9-2-1-3-10(6-9)14(19)17-11-4-5-13(18)12(7-11)15(20)21/h1-7,18H,(H,17,19)(H,20,21). The van der Waals surface area contributed by atoms with Crippen LogP contribution in [0.1, 0.15) is 26.3 Å². The minimum atomic E-state index is -1.30. The third-order valence-corrected chi connectivity index (χ3v) is 2.74. The molecule has 6 nitrogen and oxygen atoms in total. The zero-order valence-corrected chi connectivity index (χ0v) is 10.7. The maximum absolute atomic E-state index is 12.0. The van der Waals surface area contributed by atoms with Crippen molar-refractivity contribution in [3.05, 3.63) is 59.2 Å². The Balaban J connectivity index is 2.25. The summed E-state index contributed by atoms with van der Waals surface area (Å²) in [4.78, 5) is 22.9. The highest BCUT2D eigenvalue weighted by molar-refractivity contribution is 6.05. The summed E-state index contributed by atoms with van der Waals surface area (Å²) < 4.78 is 0. The Morgan fingerprint density at radius 1 is 1.14 bits per heavy atom. The number of phenols is 1. The molecular weight excluding hydrogens is 272 g/mol. The van der Waals surface area contributed by atoms with Crippen molar-refractivity contribution in [1.29, 1.82) is 5.26 Å². The summed E-state index contributed by atoms with van der Waals surface area (Å²) in [5.41, 5.74) is 0.551. The average Bonchev–Trinajstić information content (AvgIpc) is 2.49. The van der Waals surface area contributed by atoms with E-state index in [1.807, 2.05) is 6.07 Å². The van der Waals surface area contributed by atoms with Gasteiger partial charge in [-0.05, 0) is 36.4 Å². The molecule has 0 spiro atoms. The zero-order chi connectivity index (χ0) is 15.4. The molecule has 2 aromatic carbocycles. The first-order chi connectivity index (χ1) is 10.0. The van der Waals surface area contributed by atoms with Crippen LogP contribution >= 0.6 is 0 Å². The first-order valence-corrected chi connectivity index (χ1v) is 5.89. The van der Waals surface area contributed by atoms with Gasteiger partial charge in [0.25, 0.3) is 5.91 Å². The number of nitrogens with zero attached hydrogens (tertiary/aromatic N) is 1. The van der Waals surface area contributed by atoms with Crippen molar-refractivity contribution in [2.45, 2.75) is 0 Å². The molecule has 6 heteroatoms. The molecule has 0 bridgehead atoms. The molecule has 0 saturated heterocycles. The quantitative estimate of drug-likeness (QED) is 0.747. The van der Waals surface area contributed by atoms with Crippen molar-refractivity contribution >= 4 is 17.6 Å². The topological polar surface area (TPSA) is 110 Å². The lowest BCUT2D eigenvalue weighted by atomic mass is 10.1. The van der Waals surface area contributed by atoms with Crippen LogP contribution in [0.4, 0.5) is 5.69 Å². The Hall–Kier alpha value is -3.33. The van der Waals surface area contributed by atoms with E-state index in [9.17, 15) is 14.7 Å². The second kappa shape index (κ2) is 5.75. The number of carboxylic acids is 1.